The minimum Gasteiger partial charge on any atom is -0.389 e. The predicted octanol–water partition coefficient (Wildman–Crippen LogP) is 2.80. The van der Waals surface area contributed by atoms with Gasteiger partial charge < -0.3 is 10.4 Å². The number of para-hydroxylation sites is 1. The van der Waals surface area contributed by atoms with E-state index in [0.29, 0.717) is 12.2 Å². The maximum absolute atomic E-state index is 12.3. The van der Waals surface area contributed by atoms with Crippen LogP contribution in [0.1, 0.15) is 29.0 Å². The van der Waals surface area contributed by atoms with Crippen LogP contribution < -0.4 is 5.32 Å². The summed E-state index contributed by atoms with van der Waals surface area (Å²) in [4.78, 5) is 15.9. The highest BCUT2D eigenvalue weighted by molar-refractivity contribution is 7.10. The van der Waals surface area contributed by atoms with Crippen molar-refractivity contribution in [3.8, 4) is 0 Å². The molecular weight excluding hydrogens is 296 g/mol. The molecule has 0 fully saturated rings. The van der Waals surface area contributed by atoms with E-state index in [1.807, 2.05) is 24.3 Å². The van der Waals surface area contributed by atoms with E-state index in [-0.39, 0.29) is 5.91 Å². The summed E-state index contributed by atoms with van der Waals surface area (Å²) in [5, 5.41) is 14.8. The van der Waals surface area contributed by atoms with E-state index in [4.69, 9.17) is 0 Å². The van der Waals surface area contributed by atoms with E-state index in [1.165, 1.54) is 10.4 Å². The molecule has 0 spiro atoms. The number of benzene rings is 1. The molecule has 116 valence electrons. The van der Waals surface area contributed by atoms with Crippen LogP contribution in [-0.2, 0) is 17.8 Å². The molecule has 1 atom stereocenters. The van der Waals surface area contributed by atoms with E-state index in [1.54, 1.807) is 18.3 Å². The number of hydrogen-bond acceptors (Lipinski definition) is 4. The number of amides is 1. The van der Waals surface area contributed by atoms with Crippen LogP contribution in [0.25, 0.3) is 0 Å². The van der Waals surface area contributed by atoms with Crippen LogP contribution >= 0.6 is 11.3 Å². The number of rotatable bonds is 4. The summed E-state index contributed by atoms with van der Waals surface area (Å²) < 4.78 is 0. The Morgan fingerprint density at radius 1 is 1.41 bits per heavy atom. The van der Waals surface area contributed by atoms with Gasteiger partial charge in [-0.15, -0.1) is 11.3 Å². The van der Waals surface area contributed by atoms with Gasteiger partial charge in [0.2, 0.25) is 5.91 Å². The zero-order chi connectivity index (χ0) is 15.5. The molecule has 0 saturated heterocycles. The Hall–Kier alpha value is -1.69. The van der Waals surface area contributed by atoms with Gasteiger partial charge in [0.1, 0.15) is 0 Å². The van der Waals surface area contributed by atoms with Crippen LogP contribution in [-0.4, -0.2) is 29.0 Å². The predicted molar refractivity (Wildman–Crippen MR) is 89.0 cm³/mol. The lowest BCUT2D eigenvalue weighted by Gasteiger charge is -2.26. The number of thiophene rings is 1. The molecule has 1 aliphatic heterocycles. The molecule has 0 bridgehead atoms. The zero-order valence-electron chi connectivity index (χ0n) is 12.6. The van der Waals surface area contributed by atoms with Gasteiger partial charge in [-0.25, -0.2) is 0 Å². The first kappa shape index (κ1) is 15.2. The molecule has 0 radical (unpaired) electrons. The van der Waals surface area contributed by atoms with Crippen molar-refractivity contribution in [2.45, 2.75) is 26.0 Å². The van der Waals surface area contributed by atoms with Gasteiger partial charge in [0.15, 0.2) is 0 Å². The van der Waals surface area contributed by atoms with Gasteiger partial charge in [-0.3, -0.25) is 9.69 Å². The number of nitrogens with zero attached hydrogens (tertiary/aromatic N) is 1. The third kappa shape index (κ3) is 3.38. The van der Waals surface area contributed by atoms with Crippen molar-refractivity contribution in [2.75, 3.05) is 18.4 Å². The maximum atomic E-state index is 12.3. The van der Waals surface area contributed by atoms with Gasteiger partial charge >= 0.3 is 0 Å². The minimum atomic E-state index is -0.597. The number of nitrogens with one attached hydrogen (secondary N) is 1. The Morgan fingerprint density at radius 3 is 3.05 bits per heavy atom. The third-order valence-corrected chi connectivity index (χ3v) is 4.96. The average molecular weight is 316 g/mol. The topological polar surface area (TPSA) is 52.6 Å². The molecule has 0 aliphatic carbocycles. The van der Waals surface area contributed by atoms with Gasteiger partial charge in [-0.05, 0) is 36.4 Å². The fraction of sp³-hybridized carbons (Fsp3) is 0.353. The van der Waals surface area contributed by atoms with E-state index < -0.39 is 6.10 Å². The first-order chi connectivity index (χ1) is 10.6. The highest BCUT2D eigenvalue weighted by Gasteiger charge is 2.19. The normalized spacial score (nSPS) is 16.1. The second-order valence-corrected chi connectivity index (χ2v) is 6.64. The highest BCUT2D eigenvalue weighted by Crippen LogP contribution is 2.24. The summed E-state index contributed by atoms with van der Waals surface area (Å²) in [6.07, 6.45) is 0.421. The number of carbonyl (C=O) groups is 1. The fourth-order valence-corrected chi connectivity index (χ4v) is 3.70. The van der Waals surface area contributed by atoms with Crippen molar-refractivity contribution in [3.05, 3.63) is 51.7 Å². The molecule has 1 aromatic heterocycles. The van der Waals surface area contributed by atoms with Crippen molar-refractivity contribution in [1.82, 2.24) is 4.90 Å². The molecule has 2 aromatic rings. The summed E-state index contributed by atoms with van der Waals surface area (Å²) >= 11 is 1.80. The number of aliphatic hydroxyl groups is 1. The standard InChI is InChI=1S/C17H20N2O2S/c1-12(20)14-4-2-3-5-15(14)18-17(21)11-19-8-6-16-13(10-19)7-9-22-16/h2-5,7,9,12,20H,6,8,10-11H2,1H3,(H,18,21)/t12-/m1/s1. The Labute approximate surface area is 134 Å². The van der Waals surface area contributed by atoms with Crippen LogP contribution in [0.2, 0.25) is 0 Å². The molecule has 1 aliphatic rings. The van der Waals surface area contributed by atoms with Gasteiger partial charge in [-0.2, -0.15) is 0 Å². The summed E-state index contributed by atoms with van der Waals surface area (Å²) in [6, 6.07) is 9.53. The smallest absolute Gasteiger partial charge is 0.238 e. The zero-order valence-corrected chi connectivity index (χ0v) is 13.4. The quantitative estimate of drug-likeness (QED) is 0.912. The summed E-state index contributed by atoms with van der Waals surface area (Å²) in [7, 11) is 0. The molecule has 0 saturated carbocycles. The van der Waals surface area contributed by atoms with E-state index in [9.17, 15) is 9.90 Å². The van der Waals surface area contributed by atoms with Crippen molar-refractivity contribution in [3.63, 3.8) is 0 Å². The lowest BCUT2D eigenvalue weighted by molar-refractivity contribution is -0.117. The second kappa shape index (κ2) is 6.60. The summed E-state index contributed by atoms with van der Waals surface area (Å²) in [5.74, 6) is -0.0354. The van der Waals surface area contributed by atoms with Crippen LogP contribution in [0.3, 0.4) is 0 Å². The van der Waals surface area contributed by atoms with E-state index >= 15 is 0 Å². The lowest BCUT2D eigenvalue weighted by atomic mass is 10.1. The van der Waals surface area contributed by atoms with E-state index in [2.05, 4.69) is 21.7 Å². The molecule has 2 heterocycles. The van der Waals surface area contributed by atoms with Gasteiger partial charge in [0, 0.05) is 29.2 Å². The SMILES string of the molecule is C[C@@H](O)c1ccccc1NC(=O)CN1CCc2sccc2C1. The Balaban J connectivity index is 1.62. The molecule has 5 heteroatoms. The van der Waals surface area contributed by atoms with Crippen molar-refractivity contribution in [1.29, 1.82) is 0 Å². The largest absolute Gasteiger partial charge is 0.389 e. The van der Waals surface area contributed by atoms with Crippen LogP contribution in [0.15, 0.2) is 35.7 Å². The van der Waals surface area contributed by atoms with Gasteiger partial charge in [0.25, 0.3) is 0 Å². The van der Waals surface area contributed by atoms with Crippen molar-refractivity contribution < 1.29 is 9.90 Å². The van der Waals surface area contributed by atoms with Crippen LogP contribution in [0.4, 0.5) is 5.69 Å². The van der Waals surface area contributed by atoms with Gasteiger partial charge in [0.05, 0.1) is 12.6 Å². The number of carbonyl (C=O) groups excluding carboxylic acids is 1. The molecule has 2 N–H and O–H groups in total. The van der Waals surface area contributed by atoms with Crippen molar-refractivity contribution >= 4 is 22.9 Å². The first-order valence-electron chi connectivity index (χ1n) is 7.48. The molecule has 0 unspecified atom stereocenters. The summed E-state index contributed by atoms with van der Waals surface area (Å²) in [5.41, 5.74) is 2.78. The fourth-order valence-electron chi connectivity index (χ4n) is 2.81. The molecule has 4 nitrogen and oxygen atoms in total. The van der Waals surface area contributed by atoms with Crippen molar-refractivity contribution in [2.24, 2.45) is 0 Å². The van der Waals surface area contributed by atoms with Gasteiger partial charge in [-0.1, -0.05) is 18.2 Å². The molecule has 1 amide bonds. The first-order valence-corrected chi connectivity index (χ1v) is 8.36. The number of fused-ring (bicyclic) bond motifs is 1. The summed E-state index contributed by atoms with van der Waals surface area (Å²) in [6.45, 7) is 3.83. The Bertz CT molecular complexity index is 666. The third-order valence-electron chi connectivity index (χ3n) is 3.94. The highest BCUT2D eigenvalue weighted by atomic mass is 32.1. The molecule has 3 rings (SSSR count). The average Bonchev–Trinajstić information content (AvgIpc) is 2.95. The number of hydrogen-bond donors (Lipinski definition) is 2. The Morgan fingerprint density at radius 2 is 2.23 bits per heavy atom. The number of anilines is 1. The molecule has 1 aromatic carbocycles. The Kier molecular flexibility index (Phi) is 4.57. The van der Waals surface area contributed by atoms with E-state index in [0.717, 1.165) is 25.1 Å². The lowest BCUT2D eigenvalue weighted by Crippen LogP contribution is -2.36. The molecular formula is C17H20N2O2S. The molecule has 22 heavy (non-hydrogen) atoms. The van der Waals surface area contributed by atoms with Crippen LogP contribution in [0, 0.1) is 0 Å². The number of aliphatic hydroxyl groups excluding tert-OH is 1. The minimum absolute atomic E-state index is 0.0354. The van der Waals surface area contributed by atoms with Crippen LogP contribution in [0.5, 0.6) is 0 Å². The maximum Gasteiger partial charge on any atom is 0.238 e. The monoisotopic (exact) mass is 316 g/mol. The second-order valence-electron chi connectivity index (χ2n) is 5.64.